The van der Waals surface area contributed by atoms with Crippen LogP contribution < -0.4 is 9.88 Å². The van der Waals surface area contributed by atoms with Crippen molar-refractivity contribution in [3.63, 3.8) is 0 Å². The van der Waals surface area contributed by atoms with Gasteiger partial charge in [0.2, 0.25) is 5.88 Å². The largest absolute Gasteiger partial charge is 0.480 e. The Hall–Kier alpha value is -0.990. The van der Waals surface area contributed by atoms with Crippen LogP contribution in [-0.4, -0.2) is 20.5 Å². The van der Waals surface area contributed by atoms with Crippen LogP contribution in [0.2, 0.25) is 5.02 Å². The summed E-state index contributed by atoms with van der Waals surface area (Å²) in [6, 6.07) is 0.762. The molecule has 0 amide bonds. The summed E-state index contributed by atoms with van der Waals surface area (Å²) in [6.45, 7) is 0. The second-order valence-electron chi connectivity index (χ2n) is 2.72. The van der Waals surface area contributed by atoms with Gasteiger partial charge in [0.15, 0.2) is 5.03 Å². The van der Waals surface area contributed by atoms with E-state index in [-0.39, 0.29) is 10.9 Å². The molecule has 0 bridgehead atoms. The zero-order valence-corrected chi connectivity index (χ0v) is 9.52. The molecule has 0 aliphatic heterocycles. The van der Waals surface area contributed by atoms with Crippen molar-refractivity contribution in [1.29, 1.82) is 0 Å². The quantitative estimate of drug-likeness (QED) is 0.900. The van der Waals surface area contributed by atoms with Crippen LogP contribution in [-0.2, 0) is 10.0 Å². The zero-order valence-electron chi connectivity index (χ0n) is 7.95. The van der Waals surface area contributed by atoms with Crippen molar-refractivity contribution >= 4 is 21.6 Å². The molecule has 0 saturated heterocycles. The highest BCUT2D eigenvalue weighted by molar-refractivity contribution is 7.89. The lowest BCUT2D eigenvalue weighted by molar-refractivity contribution is 0.146. The van der Waals surface area contributed by atoms with Gasteiger partial charge in [-0.1, -0.05) is 11.6 Å². The average molecular weight is 273 g/mol. The van der Waals surface area contributed by atoms with Gasteiger partial charge in [0.1, 0.15) is 5.02 Å². The molecule has 1 heterocycles. The molecule has 0 radical (unpaired) electrons. The molecule has 0 unspecified atom stereocenters. The summed E-state index contributed by atoms with van der Waals surface area (Å²) < 4.78 is 51.7. The van der Waals surface area contributed by atoms with Gasteiger partial charge < -0.3 is 4.74 Å². The predicted molar refractivity (Wildman–Crippen MR) is 52.1 cm³/mol. The number of alkyl halides is 2. The summed E-state index contributed by atoms with van der Waals surface area (Å²) >= 11 is 5.54. The Bertz CT molecular complexity index is 507. The maximum Gasteiger partial charge on any atom is 0.266 e. The molecular formula is C7H7ClF2N2O3S. The number of hydrogen-bond donors (Lipinski definition) is 1. The number of sulfonamides is 1. The number of nitrogens with two attached hydrogens (primary N) is 1. The minimum Gasteiger partial charge on any atom is -0.480 e. The third kappa shape index (κ3) is 2.57. The molecule has 2 N–H and O–H groups in total. The molecule has 1 aromatic rings. The molecule has 1 aromatic heterocycles. The molecule has 0 fully saturated rings. The molecule has 0 aliphatic rings. The normalized spacial score (nSPS) is 11.9. The molecule has 0 saturated carbocycles. The van der Waals surface area contributed by atoms with Gasteiger partial charge in [0.05, 0.1) is 12.7 Å². The molecule has 0 atom stereocenters. The number of ether oxygens (including phenoxy) is 1. The summed E-state index contributed by atoms with van der Waals surface area (Å²) in [5.41, 5.74) is -0.853. The van der Waals surface area contributed by atoms with Crippen LogP contribution in [0.15, 0.2) is 11.1 Å². The SMILES string of the molecule is COc1nc(S(N)(=O)=O)c(C(F)F)cc1Cl. The van der Waals surface area contributed by atoms with Gasteiger partial charge >= 0.3 is 0 Å². The topological polar surface area (TPSA) is 82.3 Å². The third-order valence-electron chi connectivity index (χ3n) is 1.63. The maximum atomic E-state index is 12.5. The van der Waals surface area contributed by atoms with E-state index in [1.165, 1.54) is 7.11 Å². The highest BCUT2D eigenvalue weighted by atomic mass is 35.5. The number of methoxy groups -OCH3 is 1. The first-order valence-electron chi connectivity index (χ1n) is 3.82. The zero-order chi connectivity index (χ0) is 12.5. The Morgan fingerprint density at radius 1 is 1.56 bits per heavy atom. The van der Waals surface area contributed by atoms with E-state index in [4.69, 9.17) is 16.7 Å². The Morgan fingerprint density at radius 2 is 2.12 bits per heavy atom. The van der Waals surface area contributed by atoms with Gasteiger partial charge in [-0.25, -0.2) is 22.3 Å². The number of primary sulfonamides is 1. The van der Waals surface area contributed by atoms with E-state index in [1.807, 2.05) is 0 Å². The number of aromatic nitrogens is 1. The Balaban J connectivity index is 3.56. The first-order valence-corrected chi connectivity index (χ1v) is 5.75. The monoisotopic (exact) mass is 272 g/mol. The number of pyridine rings is 1. The standard InChI is InChI=1S/C7H7ClF2N2O3S/c1-15-6-4(8)2-3(5(9)10)7(12-6)16(11,13)14/h2,5H,1H3,(H2,11,13,14). The van der Waals surface area contributed by atoms with Crippen molar-refractivity contribution in [3.05, 3.63) is 16.7 Å². The fourth-order valence-electron chi connectivity index (χ4n) is 0.998. The summed E-state index contributed by atoms with van der Waals surface area (Å²) in [7, 11) is -3.19. The molecule has 9 heteroatoms. The lowest BCUT2D eigenvalue weighted by atomic mass is 10.3. The van der Waals surface area contributed by atoms with Gasteiger partial charge in [0.25, 0.3) is 16.4 Å². The van der Waals surface area contributed by atoms with E-state index in [0.29, 0.717) is 0 Å². The Morgan fingerprint density at radius 3 is 2.50 bits per heavy atom. The number of nitrogens with zero attached hydrogens (tertiary/aromatic N) is 1. The van der Waals surface area contributed by atoms with E-state index in [9.17, 15) is 17.2 Å². The smallest absolute Gasteiger partial charge is 0.266 e. The van der Waals surface area contributed by atoms with Crippen molar-refractivity contribution in [3.8, 4) is 5.88 Å². The van der Waals surface area contributed by atoms with Gasteiger partial charge in [-0.05, 0) is 6.07 Å². The van der Waals surface area contributed by atoms with Crippen LogP contribution in [0.5, 0.6) is 5.88 Å². The second kappa shape index (κ2) is 4.48. The highest BCUT2D eigenvalue weighted by Crippen LogP contribution is 2.31. The Kier molecular flexibility index (Phi) is 3.66. The van der Waals surface area contributed by atoms with Crippen LogP contribution in [0, 0.1) is 0 Å². The molecule has 0 aliphatic carbocycles. The molecule has 1 rings (SSSR count). The van der Waals surface area contributed by atoms with Crippen molar-refractivity contribution < 1.29 is 21.9 Å². The lowest BCUT2D eigenvalue weighted by Gasteiger charge is -2.09. The minimum absolute atomic E-state index is 0.217. The maximum absolute atomic E-state index is 12.5. The van der Waals surface area contributed by atoms with Gasteiger partial charge in [-0.2, -0.15) is 4.98 Å². The van der Waals surface area contributed by atoms with Crippen LogP contribution in [0.4, 0.5) is 8.78 Å². The van der Waals surface area contributed by atoms with Crippen molar-refractivity contribution in [2.75, 3.05) is 7.11 Å². The van der Waals surface area contributed by atoms with Gasteiger partial charge in [0, 0.05) is 0 Å². The highest BCUT2D eigenvalue weighted by Gasteiger charge is 2.25. The van der Waals surface area contributed by atoms with E-state index < -0.39 is 27.0 Å². The summed E-state index contributed by atoms with van der Waals surface area (Å²) in [6.07, 6.45) is -3.05. The van der Waals surface area contributed by atoms with Gasteiger partial charge in [-0.3, -0.25) is 0 Å². The second-order valence-corrected chi connectivity index (χ2v) is 4.60. The number of rotatable bonds is 3. The molecule has 90 valence electrons. The Labute approximate surface area is 95.2 Å². The minimum atomic E-state index is -4.36. The van der Waals surface area contributed by atoms with E-state index in [1.54, 1.807) is 0 Å². The van der Waals surface area contributed by atoms with Crippen LogP contribution in [0.25, 0.3) is 0 Å². The molecule has 0 spiro atoms. The van der Waals surface area contributed by atoms with Crippen LogP contribution >= 0.6 is 11.6 Å². The molecule has 0 aromatic carbocycles. The van der Waals surface area contributed by atoms with Crippen LogP contribution in [0.3, 0.4) is 0 Å². The number of halogens is 3. The molecule has 16 heavy (non-hydrogen) atoms. The number of hydrogen-bond acceptors (Lipinski definition) is 4. The van der Waals surface area contributed by atoms with E-state index in [0.717, 1.165) is 6.07 Å². The average Bonchev–Trinajstić information content (AvgIpc) is 2.15. The van der Waals surface area contributed by atoms with E-state index >= 15 is 0 Å². The fraction of sp³-hybridized carbons (Fsp3) is 0.286. The van der Waals surface area contributed by atoms with Crippen molar-refractivity contribution in [1.82, 2.24) is 4.98 Å². The third-order valence-corrected chi connectivity index (χ3v) is 2.77. The van der Waals surface area contributed by atoms with E-state index in [2.05, 4.69) is 9.72 Å². The molecule has 5 nitrogen and oxygen atoms in total. The van der Waals surface area contributed by atoms with Crippen molar-refractivity contribution in [2.24, 2.45) is 5.14 Å². The summed E-state index contributed by atoms with van der Waals surface area (Å²) in [4.78, 5) is 3.34. The first kappa shape index (κ1) is 13.1. The van der Waals surface area contributed by atoms with Gasteiger partial charge in [-0.15, -0.1) is 0 Å². The van der Waals surface area contributed by atoms with Crippen molar-refractivity contribution in [2.45, 2.75) is 11.5 Å². The predicted octanol–water partition coefficient (Wildman–Crippen LogP) is 1.33. The lowest BCUT2D eigenvalue weighted by Crippen LogP contribution is -2.17. The van der Waals surface area contributed by atoms with Crippen LogP contribution in [0.1, 0.15) is 12.0 Å². The summed E-state index contributed by atoms with van der Waals surface area (Å²) in [5, 5.41) is 3.59. The fourth-order valence-corrected chi connectivity index (χ4v) is 1.92. The summed E-state index contributed by atoms with van der Waals surface area (Å²) in [5.74, 6) is -0.282. The molecular weight excluding hydrogens is 266 g/mol. The first-order chi connectivity index (χ1) is 7.27.